The maximum Gasteiger partial charge on any atom is 0.422 e. The van der Waals surface area contributed by atoms with Crippen LogP contribution in [0.2, 0.25) is 0 Å². The Balaban J connectivity index is 1.81. The van der Waals surface area contributed by atoms with Crippen molar-refractivity contribution < 1.29 is 27.4 Å². The van der Waals surface area contributed by atoms with Gasteiger partial charge in [-0.1, -0.05) is 12.1 Å². The molecule has 0 bridgehead atoms. The Labute approximate surface area is 168 Å². The molecule has 0 atom stereocenters. The number of aliphatic imine (C=N–C) groups is 1. The number of nitrogens with zero attached hydrogens (tertiary/aromatic N) is 3. The molecular formula is C19H27F3N4O3. The van der Waals surface area contributed by atoms with Crippen LogP contribution in [0, 0.1) is 0 Å². The van der Waals surface area contributed by atoms with E-state index >= 15 is 0 Å². The van der Waals surface area contributed by atoms with Crippen LogP contribution in [-0.4, -0.2) is 66.4 Å². The van der Waals surface area contributed by atoms with Crippen molar-refractivity contribution in [3.63, 3.8) is 0 Å². The normalized spacial score (nSPS) is 16.0. The molecule has 2 N–H and O–H groups in total. The summed E-state index contributed by atoms with van der Waals surface area (Å²) >= 11 is 0. The zero-order valence-corrected chi connectivity index (χ0v) is 16.8. The van der Waals surface area contributed by atoms with Crippen LogP contribution in [-0.2, 0) is 11.3 Å². The number of hydrogen-bond acceptors (Lipinski definition) is 4. The van der Waals surface area contributed by atoms with Gasteiger partial charge in [0.15, 0.2) is 12.6 Å². The largest absolute Gasteiger partial charge is 0.484 e. The molecule has 10 heteroatoms. The van der Waals surface area contributed by atoms with Gasteiger partial charge in [-0.05, 0) is 38.5 Å². The van der Waals surface area contributed by atoms with Gasteiger partial charge < -0.3 is 25.0 Å². The lowest BCUT2D eigenvalue weighted by atomic mass is 10.2. The first kappa shape index (κ1) is 22.6. The van der Waals surface area contributed by atoms with Crippen molar-refractivity contribution in [2.75, 3.05) is 32.8 Å². The molecule has 0 aromatic heterocycles. The third-order valence-corrected chi connectivity index (χ3v) is 4.00. The summed E-state index contributed by atoms with van der Waals surface area (Å²) < 4.78 is 46.5. The molecule has 1 aliphatic heterocycles. The standard InChI is InChI=1S/C19H27F3N4O3/c1-18(2,3)29-17(27)26-10-8-25(9-11-26)16(23)24-12-14-4-6-15(7-5-14)28-13-19(20,21)22/h4-7H,8-13H2,1-3H3,(H2,23,24). The van der Waals surface area contributed by atoms with E-state index in [4.69, 9.17) is 10.5 Å². The van der Waals surface area contributed by atoms with Gasteiger partial charge in [0.2, 0.25) is 0 Å². The summed E-state index contributed by atoms with van der Waals surface area (Å²) in [4.78, 5) is 19.9. The zero-order chi connectivity index (χ0) is 21.7. The fraction of sp³-hybridized carbons (Fsp3) is 0.579. The third-order valence-electron chi connectivity index (χ3n) is 4.00. The van der Waals surface area contributed by atoms with Gasteiger partial charge in [0.1, 0.15) is 11.4 Å². The topological polar surface area (TPSA) is 80.4 Å². The van der Waals surface area contributed by atoms with E-state index in [1.165, 1.54) is 12.1 Å². The summed E-state index contributed by atoms with van der Waals surface area (Å²) in [5, 5.41) is 0. The Morgan fingerprint density at radius 2 is 1.62 bits per heavy atom. The van der Waals surface area contributed by atoms with E-state index in [1.807, 2.05) is 25.7 Å². The molecule has 1 aliphatic rings. The number of piperazine rings is 1. The number of carbonyl (C=O) groups is 1. The van der Waals surface area contributed by atoms with Gasteiger partial charge in [-0.2, -0.15) is 13.2 Å². The molecule has 1 saturated heterocycles. The number of nitrogens with two attached hydrogens (primary N) is 1. The average molecular weight is 416 g/mol. The Hall–Kier alpha value is -2.65. The van der Waals surface area contributed by atoms with E-state index in [9.17, 15) is 18.0 Å². The molecule has 2 rings (SSSR count). The quantitative estimate of drug-likeness (QED) is 0.603. The summed E-state index contributed by atoms with van der Waals surface area (Å²) in [5.74, 6) is 0.493. The number of ether oxygens (including phenoxy) is 2. The summed E-state index contributed by atoms with van der Waals surface area (Å²) in [6, 6.07) is 6.21. The number of halogens is 3. The molecule has 1 fully saturated rings. The monoisotopic (exact) mass is 416 g/mol. The van der Waals surface area contributed by atoms with Crippen LogP contribution >= 0.6 is 0 Å². The lowest BCUT2D eigenvalue weighted by molar-refractivity contribution is -0.153. The highest BCUT2D eigenvalue weighted by molar-refractivity contribution is 5.78. The molecule has 162 valence electrons. The Morgan fingerprint density at radius 1 is 1.07 bits per heavy atom. The van der Waals surface area contributed by atoms with E-state index in [0.29, 0.717) is 32.1 Å². The first-order valence-electron chi connectivity index (χ1n) is 9.24. The number of hydrogen-bond donors (Lipinski definition) is 1. The van der Waals surface area contributed by atoms with Crippen LogP contribution in [0.4, 0.5) is 18.0 Å². The number of carbonyl (C=O) groups excluding carboxylic acids is 1. The van der Waals surface area contributed by atoms with E-state index in [1.54, 1.807) is 17.0 Å². The molecule has 0 radical (unpaired) electrons. The van der Waals surface area contributed by atoms with Gasteiger partial charge in [-0.25, -0.2) is 9.79 Å². The molecule has 1 amide bonds. The van der Waals surface area contributed by atoms with Crippen molar-refractivity contribution in [2.45, 2.75) is 39.1 Å². The molecule has 1 aromatic carbocycles. The molecule has 1 heterocycles. The van der Waals surface area contributed by atoms with E-state index in [0.717, 1.165) is 5.56 Å². The summed E-state index contributed by atoms with van der Waals surface area (Å²) in [6.45, 7) is 6.47. The first-order valence-corrected chi connectivity index (χ1v) is 9.24. The van der Waals surface area contributed by atoms with Gasteiger partial charge in [-0.3, -0.25) is 0 Å². The van der Waals surface area contributed by atoms with Crippen molar-refractivity contribution in [3.8, 4) is 5.75 Å². The first-order chi connectivity index (χ1) is 13.4. The second-order valence-corrected chi connectivity index (χ2v) is 7.68. The fourth-order valence-electron chi connectivity index (χ4n) is 2.57. The van der Waals surface area contributed by atoms with Gasteiger partial charge >= 0.3 is 12.3 Å². The predicted molar refractivity (Wildman–Crippen MR) is 103 cm³/mol. The number of benzene rings is 1. The van der Waals surface area contributed by atoms with E-state index in [-0.39, 0.29) is 18.4 Å². The molecule has 0 aliphatic carbocycles. The lowest BCUT2D eigenvalue weighted by Crippen LogP contribution is -2.53. The minimum Gasteiger partial charge on any atom is -0.484 e. The van der Waals surface area contributed by atoms with Gasteiger partial charge in [0, 0.05) is 26.2 Å². The molecule has 0 spiro atoms. The highest BCUT2D eigenvalue weighted by atomic mass is 19.4. The Morgan fingerprint density at radius 3 is 2.14 bits per heavy atom. The van der Waals surface area contributed by atoms with Gasteiger partial charge in [-0.15, -0.1) is 0 Å². The second-order valence-electron chi connectivity index (χ2n) is 7.68. The second kappa shape index (κ2) is 9.23. The van der Waals surface area contributed by atoms with Crippen molar-refractivity contribution in [1.29, 1.82) is 0 Å². The smallest absolute Gasteiger partial charge is 0.422 e. The SMILES string of the molecule is CC(C)(C)OC(=O)N1CCN(C(N)=NCc2ccc(OCC(F)(F)F)cc2)CC1. The molecule has 0 unspecified atom stereocenters. The third kappa shape index (κ3) is 8.08. The van der Waals surface area contributed by atoms with Crippen molar-refractivity contribution in [1.82, 2.24) is 9.80 Å². The zero-order valence-electron chi connectivity index (χ0n) is 16.8. The predicted octanol–water partition coefficient (Wildman–Crippen LogP) is 3.00. The Bertz CT molecular complexity index is 707. The highest BCUT2D eigenvalue weighted by Crippen LogP contribution is 2.19. The van der Waals surface area contributed by atoms with Crippen LogP contribution < -0.4 is 10.5 Å². The average Bonchev–Trinajstić information content (AvgIpc) is 2.63. The maximum absolute atomic E-state index is 12.2. The molecular weight excluding hydrogens is 389 g/mol. The van der Waals surface area contributed by atoms with E-state index in [2.05, 4.69) is 9.73 Å². The van der Waals surface area contributed by atoms with Crippen LogP contribution in [0.3, 0.4) is 0 Å². The molecule has 1 aromatic rings. The number of alkyl halides is 3. The molecule has 29 heavy (non-hydrogen) atoms. The minimum atomic E-state index is -4.37. The van der Waals surface area contributed by atoms with Crippen molar-refractivity contribution >= 4 is 12.1 Å². The summed E-state index contributed by atoms with van der Waals surface area (Å²) in [5.41, 5.74) is 6.29. The molecule has 0 saturated carbocycles. The summed E-state index contributed by atoms with van der Waals surface area (Å²) in [6.07, 6.45) is -4.72. The number of rotatable bonds is 4. The van der Waals surface area contributed by atoms with Crippen molar-refractivity contribution in [2.24, 2.45) is 10.7 Å². The highest BCUT2D eigenvalue weighted by Gasteiger charge is 2.28. The number of amides is 1. The van der Waals surface area contributed by atoms with Crippen molar-refractivity contribution in [3.05, 3.63) is 29.8 Å². The van der Waals surface area contributed by atoms with Crippen LogP contribution in [0.15, 0.2) is 29.3 Å². The summed E-state index contributed by atoms with van der Waals surface area (Å²) in [7, 11) is 0. The Kier molecular flexibility index (Phi) is 7.21. The van der Waals surface area contributed by atoms with Crippen LogP contribution in [0.1, 0.15) is 26.3 Å². The van der Waals surface area contributed by atoms with E-state index < -0.39 is 18.4 Å². The van der Waals surface area contributed by atoms with Crippen LogP contribution in [0.5, 0.6) is 5.75 Å². The molecule has 7 nitrogen and oxygen atoms in total. The minimum absolute atomic E-state index is 0.140. The number of guanidine groups is 1. The fourth-order valence-corrected chi connectivity index (χ4v) is 2.57. The maximum atomic E-state index is 12.2. The van der Waals surface area contributed by atoms with Gasteiger partial charge in [0.25, 0.3) is 0 Å². The lowest BCUT2D eigenvalue weighted by Gasteiger charge is -2.36. The van der Waals surface area contributed by atoms with Gasteiger partial charge in [0.05, 0.1) is 6.54 Å². The van der Waals surface area contributed by atoms with Crippen LogP contribution in [0.25, 0.3) is 0 Å².